The molecule has 1 aliphatic heterocycles. The lowest BCUT2D eigenvalue weighted by molar-refractivity contribution is 0.277. The highest BCUT2D eigenvalue weighted by Crippen LogP contribution is 2.48. The highest BCUT2D eigenvalue weighted by atomic mass is 35.5. The number of hydrogen-bond donors (Lipinski definition) is 1. The minimum absolute atomic E-state index is 0.0854. The molecule has 0 amide bonds. The molecule has 0 spiro atoms. The first kappa shape index (κ1) is 21.2. The van der Waals surface area contributed by atoms with Crippen LogP contribution in [0.3, 0.4) is 0 Å². The van der Waals surface area contributed by atoms with Gasteiger partial charge in [-0.3, -0.25) is 0 Å². The van der Waals surface area contributed by atoms with Gasteiger partial charge in [0.05, 0.1) is 5.92 Å². The van der Waals surface area contributed by atoms with E-state index in [2.05, 4.69) is 6.07 Å². The Labute approximate surface area is 194 Å². The molecular formula is C23H16Cl4N2O. The summed E-state index contributed by atoms with van der Waals surface area (Å²) in [5, 5.41) is 11.9. The predicted molar refractivity (Wildman–Crippen MR) is 122 cm³/mol. The van der Waals surface area contributed by atoms with Crippen molar-refractivity contribution in [1.29, 1.82) is 5.26 Å². The van der Waals surface area contributed by atoms with Crippen LogP contribution in [0.25, 0.3) is 6.08 Å². The molecule has 3 nitrogen and oxygen atoms in total. The topological polar surface area (TPSA) is 59.0 Å². The van der Waals surface area contributed by atoms with Crippen LogP contribution in [0.2, 0.25) is 20.1 Å². The first-order valence-electron chi connectivity index (χ1n) is 9.30. The van der Waals surface area contributed by atoms with E-state index < -0.39 is 0 Å². The van der Waals surface area contributed by atoms with E-state index >= 15 is 0 Å². The predicted octanol–water partition coefficient (Wildman–Crippen LogP) is 7.63. The lowest BCUT2D eigenvalue weighted by Crippen LogP contribution is -2.24. The number of halogens is 4. The molecule has 30 heavy (non-hydrogen) atoms. The number of benzene rings is 2. The average Bonchev–Trinajstić information content (AvgIpc) is 2.70. The molecule has 2 N–H and O–H groups in total. The maximum absolute atomic E-state index is 9.79. The third-order valence-corrected chi connectivity index (χ3v) is 6.40. The van der Waals surface area contributed by atoms with Gasteiger partial charge in [0.1, 0.15) is 17.4 Å². The minimum atomic E-state index is -0.382. The van der Waals surface area contributed by atoms with Crippen molar-refractivity contribution in [2.75, 3.05) is 0 Å². The Balaban J connectivity index is 1.87. The van der Waals surface area contributed by atoms with Gasteiger partial charge in [-0.2, -0.15) is 5.26 Å². The zero-order valence-electron chi connectivity index (χ0n) is 15.7. The van der Waals surface area contributed by atoms with Gasteiger partial charge in [0.15, 0.2) is 0 Å². The smallest absolute Gasteiger partial charge is 0.205 e. The average molecular weight is 478 g/mol. The van der Waals surface area contributed by atoms with Crippen molar-refractivity contribution in [1.82, 2.24) is 0 Å². The molecular weight excluding hydrogens is 462 g/mol. The number of nitriles is 1. The van der Waals surface area contributed by atoms with Crippen LogP contribution in [0.1, 0.15) is 36.3 Å². The van der Waals surface area contributed by atoms with Crippen molar-refractivity contribution in [3.8, 4) is 6.07 Å². The van der Waals surface area contributed by atoms with E-state index in [0.29, 0.717) is 31.4 Å². The minimum Gasteiger partial charge on any atom is -0.440 e. The zero-order valence-corrected chi connectivity index (χ0v) is 18.7. The van der Waals surface area contributed by atoms with E-state index in [4.69, 9.17) is 56.9 Å². The Morgan fingerprint density at radius 2 is 1.70 bits per heavy atom. The third-order valence-electron chi connectivity index (χ3n) is 5.28. The summed E-state index contributed by atoms with van der Waals surface area (Å²) in [7, 11) is 0. The molecule has 2 aromatic rings. The molecule has 2 aromatic carbocycles. The molecule has 1 atom stereocenters. The summed E-state index contributed by atoms with van der Waals surface area (Å²) in [5.41, 5.74) is 10.1. The van der Waals surface area contributed by atoms with Gasteiger partial charge >= 0.3 is 0 Å². The number of nitrogens with zero attached hydrogens (tertiary/aromatic N) is 1. The summed E-state index contributed by atoms with van der Waals surface area (Å²) in [4.78, 5) is 0. The zero-order chi connectivity index (χ0) is 21.4. The van der Waals surface area contributed by atoms with Gasteiger partial charge in [0.2, 0.25) is 5.88 Å². The summed E-state index contributed by atoms with van der Waals surface area (Å²) in [6.07, 6.45) is 4.45. The van der Waals surface area contributed by atoms with Crippen molar-refractivity contribution in [3.05, 3.63) is 96.0 Å². The third kappa shape index (κ3) is 3.94. The first-order valence-corrected chi connectivity index (χ1v) is 10.8. The van der Waals surface area contributed by atoms with Crippen molar-refractivity contribution >= 4 is 52.5 Å². The lowest BCUT2D eigenvalue weighted by Gasteiger charge is -2.33. The van der Waals surface area contributed by atoms with Crippen LogP contribution in [0.4, 0.5) is 0 Å². The molecule has 0 saturated heterocycles. The lowest BCUT2D eigenvalue weighted by atomic mass is 9.77. The van der Waals surface area contributed by atoms with Crippen LogP contribution in [-0.2, 0) is 4.74 Å². The fraction of sp³-hybridized carbons (Fsp3) is 0.174. The first-order chi connectivity index (χ1) is 14.4. The van der Waals surface area contributed by atoms with Crippen LogP contribution >= 0.6 is 46.4 Å². The van der Waals surface area contributed by atoms with Crippen molar-refractivity contribution in [2.24, 2.45) is 5.73 Å². The van der Waals surface area contributed by atoms with Crippen LogP contribution in [0.5, 0.6) is 0 Å². The van der Waals surface area contributed by atoms with Crippen LogP contribution in [0, 0.1) is 11.3 Å². The van der Waals surface area contributed by atoms with Gasteiger partial charge in [0.25, 0.3) is 0 Å². The van der Waals surface area contributed by atoms with Gasteiger partial charge in [-0.05, 0) is 71.9 Å². The van der Waals surface area contributed by atoms with Crippen molar-refractivity contribution in [3.63, 3.8) is 0 Å². The fourth-order valence-electron chi connectivity index (χ4n) is 3.93. The molecule has 152 valence electrons. The monoisotopic (exact) mass is 476 g/mol. The molecule has 7 heteroatoms. The number of ether oxygens (including phenoxy) is 1. The standard InChI is InChI=1S/C23H16Cl4N2O/c24-14-5-4-12(19(26)9-14)8-13-2-1-3-17-21(16-7-6-15(25)10-20(16)27)18(11-28)23(29)30-22(13)17/h4-10,21H,1-3,29H2/b13-8+/t21-/m0/s1. The second-order valence-electron chi connectivity index (χ2n) is 7.13. The van der Waals surface area contributed by atoms with Crippen LogP contribution in [-0.4, -0.2) is 0 Å². The van der Waals surface area contributed by atoms with Gasteiger partial charge in [-0.25, -0.2) is 0 Å². The molecule has 2 aliphatic rings. The SMILES string of the molecule is N#CC1=C(N)OC2=C(CCC/C2=C\c2ccc(Cl)cc2Cl)[C@@H]1c1ccc(Cl)cc1Cl. The summed E-state index contributed by atoms with van der Waals surface area (Å²) in [5.74, 6) is 0.384. The van der Waals surface area contributed by atoms with Crippen LogP contribution < -0.4 is 5.73 Å². The number of hydrogen-bond acceptors (Lipinski definition) is 3. The molecule has 4 rings (SSSR count). The molecule has 0 fully saturated rings. The highest BCUT2D eigenvalue weighted by molar-refractivity contribution is 6.36. The Kier molecular flexibility index (Phi) is 6.04. The summed E-state index contributed by atoms with van der Waals surface area (Å²) >= 11 is 25.0. The molecule has 0 aromatic heterocycles. The van der Waals surface area contributed by atoms with Crippen molar-refractivity contribution in [2.45, 2.75) is 25.2 Å². The molecule has 0 unspecified atom stereocenters. The van der Waals surface area contributed by atoms with E-state index in [1.54, 1.807) is 24.3 Å². The van der Waals surface area contributed by atoms with E-state index in [0.717, 1.165) is 41.5 Å². The Bertz CT molecular complexity index is 1170. The Morgan fingerprint density at radius 1 is 1.00 bits per heavy atom. The Morgan fingerprint density at radius 3 is 2.37 bits per heavy atom. The fourth-order valence-corrected chi connectivity index (χ4v) is 4.91. The number of rotatable bonds is 2. The summed E-state index contributed by atoms with van der Waals surface area (Å²) < 4.78 is 5.97. The molecule has 0 saturated carbocycles. The van der Waals surface area contributed by atoms with Gasteiger partial charge < -0.3 is 10.5 Å². The van der Waals surface area contributed by atoms with Gasteiger partial charge in [-0.1, -0.05) is 58.5 Å². The summed E-state index contributed by atoms with van der Waals surface area (Å²) in [6, 6.07) is 12.8. The molecule has 1 heterocycles. The highest BCUT2D eigenvalue weighted by Gasteiger charge is 2.36. The molecule has 1 aliphatic carbocycles. The summed E-state index contributed by atoms with van der Waals surface area (Å²) in [6.45, 7) is 0. The largest absolute Gasteiger partial charge is 0.440 e. The van der Waals surface area contributed by atoms with Gasteiger partial charge in [-0.15, -0.1) is 0 Å². The molecule has 0 radical (unpaired) electrons. The normalized spacial score (nSPS) is 20.1. The van der Waals surface area contributed by atoms with E-state index in [9.17, 15) is 5.26 Å². The number of allylic oxidation sites excluding steroid dienone is 3. The maximum atomic E-state index is 9.79. The van der Waals surface area contributed by atoms with E-state index in [-0.39, 0.29) is 11.8 Å². The van der Waals surface area contributed by atoms with Crippen molar-refractivity contribution < 1.29 is 4.74 Å². The van der Waals surface area contributed by atoms with E-state index in [1.807, 2.05) is 18.2 Å². The quantitative estimate of drug-likeness (QED) is 0.483. The maximum Gasteiger partial charge on any atom is 0.205 e. The van der Waals surface area contributed by atoms with Crippen LogP contribution in [0.15, 0.2) is 64.8 Å². The Hall–Kier alpha value is -2.09. The molecule has 0 bridgehead atoms. The van der Waals surface area contributed by atoms with E-state index in [1.165, 1.54) is 0 Å². The second-order valence-corrected chi connectivity index (χ2v) is 8.82. The second kappa shape index (κ2) is 8.57. The van der Waals surface area contributed by atoms with Gasteiger partial charge in [0, 0.05) is 20.1 Å². The number of nitrogens with two attached hydrogens (primary N) is 1.